The van der Waals surface area contributed by atoms with Gasteiger partial charge in [-0.05, 0) is 58.1 Å². The van der Waals surface area contributed by atoms with Crippen LogP contribution in [0.15, 0.2) is 33.9 Å². The van der Waals surface area contributed by atoms with E-state index in [1.807, 2.05) is 26.2 Å². The van der Waals surface area contributed by atoms with Crippen LogP contribution in [0.1, 0.15) is 50.6 Å². The molecule has 1 aliphatic heterocycles. The maximum atomic E-state index is 12.9. The Bertz CT molecular complexity index is 1160. The molecule has 1 saturated heterocycles. The first-order valence-electron chi connectivity index (χ1n) is 10.8. The number of ketones is 1. The summed E-state index contributed by atoms with van der Waals surface area (Å²) in [5.74, 6) is 0.0471. The molecule has 0 N–H and O–H groups in total. The van der Waals surface area contributed by atoms with Crippen LogP contribution in [0, 0.1) is 20.8 Å². The van der Waals surface area contributed by atoms with Crippen LogP contribution in [-0.4, -0.2) is 51.9 Å². The first-order valence-corrected chi connectivity index (χ1v) is 12.1. The highest BCUT2D eigenvalue weighted by atomic mass is 32.2. The fourth-order valence-electron chi connectivity index (χ4n) is 4.08. The number of carbonyl (C=O) groups is 2. The summed E-state index contributed by atoms with van der Waals surface area (Å²) in [4.78, 5) is 34.6. The summed E-state index contributed by atoms with van der Waals surface area (Å²) in [6, 6.07) is 5.35. The van der Waals surface area contributed by atoms with Gasteiger partial charge in [-0.2, -0.15) is 0 Å². The Morgan fingerprint density at radius 2 is 2.09 bits per heavy atom. The Labute approximate surface area is 196 Å². The lowest BCUT2D eigenvalue weighted by atomic mass is 10.1. The van der Waals surface area contributed by atoms with Gasteiger partial charge >= 0.3 is 5.97 Å². The molecule has 0 saturated carbocycles. The van der Waals surface area contributed by atoms with E-state index in [1.165, 1.54) is 11.8 Å². The highest BCUT2D eigenvalue weighted by Gasteiger charge is 2.24. The van der Waals surface area contributed by atoms with Gasteiger partial charge in [-0.1, -0.05) is 0 Å². The van der Waals surface area contributed by atoms with E-state index >= 15 is 0 Å². The number of Topliss-reactive ketones (excluding diaryl/α,β-unsaturated/α-hetero) is 1. The van der Waals surface area contributed by atoms with Crippen LogP contribution in [0.3, 0.4) is 0 Å². The van der Waals surface area contributed by atoms with E-state index in [0.717, 1.165) is 37.4 Å². The van der Waals surface area contributed by atoms with Crippen molar-refractivity contribution in [2.24, 2.45) is 0 Å². The summed E-state index contributed by atoms with van der Waals surface area (Å²) in [7, 11) is 0. The van der Waals surface area contributed by atoms with E-state index in [0.29, 0.717) is 27.9 Å². The molecule has 0 aromatic carbocycles. The Morgan fingerprint density at radius 1 is 1.27 bits per heavy atom. The van der Waals surface area contributed by atoms with Crippen LogP contribution in [0.5, 0.6) is 0 Å². The minimum absolute atomic E-state index is 0.174. The number of rotatable bonds is 8. The highest BCUT2D eigenvalue weighted by Crippen LogP contribution is 2.26. The van der Waals surface area contributed by atoms with Gasteiger partial charge in [-0.3, -0.25) is 4.79 Å². The number of hydrogen-bond acceptors (Lipinski definition) is 8. The average molecular weight is 470 g/mol. The van der Waals surface area contributed by atoms with E-state index < -0.39 is 5.97 Å². The number of furan rings is 1. The van der Waals surface area contributed by atoms with Gasteiger partial charge in [0.15, 0.2) is 18.2 Å². The fraction of sp³-hybridized carbons (Fsp3) is 0.417. The molecule has 3 aromatic rings. The van der Waals surface area contributed by atoms with Crippen LogP contribution in [-0.2, 0) is 16.0 Å². The Balaban J connectivity index is 1.47. The third-order valence-corrected chi connectivity index (χ3v) is 6.50. The number of esters is 1. The lowest BCUT2D eigenvalue weighted by Gasteiger charge is -2.15. The molecular formula is C24H27N3O5S. The molecule has 0 bridgehead atoms. The van der Waals surface area contributed by atoms with E-state index in [4.69, 9.17) is 13.9 Å². The van der Waals surface area contributed by atoms with E-state index in [1.54, 1.807) is 25.3 Å². The van der Waals surface area contributed by atoms with Crippen molar-refractivity contribution in [3.63, 3.8) is 0 Å². The first-order chi connectivity index (χ1) is 15.9. The minimum atomic E-state index is -0.621. The third-order valence-electron chi connectivity index (χ3n) is 5.81. The van der Waals surface area contributed by atoms with Gasteiger partial charge in [0.2, 0.25) is 5.78 Å². The summed E-state index contributed by atoms with van der Waals surface area (Å²) >= 11 is 1.31. The van der Waals surface area contributed by atoms with Crippen molar-refractivity contribution >= 4 is 23.5 Å². The molecule has 174 valence electrons. The molecule has 3 aromatic heterocycles. The van der Waals surface area contributed by atoms with Gasteiger partial charge in [-0.15, -0.1) is 11.8 Å². The topological polar surface area (TPSA) is 96.5 Å². The number of aryl methyl sites for hydroxylation is 2. The van der Waals surface area contributed by atoms with Crippen molar-refractivity contribution in [3.8, 4) is 11.6 Å². The average Bonchev–Trinajstić information content (AvgIpc) is 3.56. The third kappa shape index (κ3) is 4.89. The minimum Gasteiger partial charge on any atom is -0.461 e. The van der Waals surface area contributed by atoms with Crippen LogP contribution in [0.25, 0.3) is 11.6 Å². The zero-order valence-corrected chi connectivity index (χ0v) is 20.0. The van der Waals surface area contributed by atoms with Crippen LogP contribution >= 0.6 is 11.8 Å². The summed E-state index contributed by atoms with van der Waals surface area (Å²) in [6.45, 7) is 6.75. The van der Waals surface area contributed by atoms with Crippen LogP contribution in [0.4, 0.5) is 0 Å². The second-order valence-corrected chi connectivity index (χ2v) is 8.82. The van der Waals surface area contributed by atoms with Gasteiger partial charge in [0.1, 0.15) is 10.6 Å². The standard InChI is InChI=1S/C24H27N3O5S/c1-14-11-18(16(3)27(14)12-17-7-5-9-30-17)19(28)13-32-24(29)21-15(2)25-22(26-23(21)33-4)20-8-6-10-31-20/h6,8,10-11,17H,5,7,9,12-13H2,1-4H3. The van der Waals surface area contributed by atoms with Crippen molar-refractivity contribution in [2.45, 2.75) is 51.3 Å². The molecule has 0 spiro atoms. The van der Waals surface area contributed by atoms with E-state index in [2.05, 4.69) is 14.5 Å². The van der Waals surface area contributed by atoms with Crippen molar-refractivity contribution in [2.75, 3.05) is 19.5 Å². The molecule has 4 heterocycles. The maximum Gasteiger partial charge on any atom is 0.343 e. The predicted octanol–water partition coefficient (Wildman–Crippen LogP) is 4.40. The second-order valence-electron chi connectivity index (χ2n) is 8.02. The molecular weight excluding hydrogens is 442 g/mol. The van der Waals surface area contributed by atoms with Gasteiger partial charge in [-0.25, -0.2) is 14.8 Å². The Morgan fingerprint density at radius 3 is 2.76 bits per heavy atom. The van der Waals surface area contributed by atoms with E-state index in [-0.39, 0.29) is 24.1 Å². The lowest BCUT2D eigenvalue weighted by Crippen LogP contribution is -2.19. The quantitative estimate of drug-likeness (QED) is 0.207. The molecule has 0 aliphatic carbocycles. The number of nitrogens with zero attached hydrogens (tertiary/aromatic N) is 3. The summed E-state index contributed by atoms with van der Waals surface area (Å²) in [5.41, 5.74) is 3.13. The molecule has 4 rings (SSSR count). The van der Waals surface area contributed by atoms with Crippen LogP contribution in [0.2, 0.25) is 0 Å². The Hall–Kier alpha value is -2.91. The van der Waals surface area contributed by atoms with Crippen molar-refractivity contribution in [1.82, 2.24) is 14.5 Å². The normalized spacial score (nSPS) is 15.7. The number of aromatic nitrogens is 3. The first kappa shape index (κ1) is 23.3. The van der Waals surface area contributed by atoms with Crippen molar-refractivity contribution in [1.29, 1.82) is 0 Å². The molecule has 1 aliphatic rings. The summed E-state index contributed by atoms with van der Waals surface area (Å²) in [5, 5.41) is 0.473. The molecule has 0 radical (unpaired) electrons. The predicted molar refractivity (Wildman–Crippen MR) is 124 cm³/mol. The molecule has 9 heteroatoms. The number of thioether (sulfide) groups is 1. The summed E-state index contributed by atoms with van der Waals surface area (Å²) in [6.07, 6.45) is 5.62. The largest absolute Gasteiger partial charge is 0.461 e. The molecule has 0 amide bonds. The van der Waals surface area contributed by atoms with Crippen molar-refractivity contribution in [3.05, 3.63) is 52.7 Å². The molecule has 33 heavy (non-hydrogen) atoms. The Kier molecular flexibility index (Phi) is 6.99. The van der Waals surface area contributed by atoms with Crippen molar-refractivity contribution < 1.29 is 23.5 Å². The SMILES string of the molecule is CSc1nc(-c2ccco2)nc(C)c1C(=O)OCC(=O)c1cc(C)n(CC2CCCO2)c1C. The highest BCUT2D eigenvalue weighted by molar-refractivity contribution is 7.98. The van der Waals surface area contributed by atoms with Gasteiger partial charge in [0.25, 0.3) is 0 Å². The molecule has 1 fully saturated rings. The molecule has 8 nitrogen and oxygen atoms in total. The monoisotopic (exact) mass is 469 g/mol. The zero-order chi connectivity index (χ0) is 23.5. The van der Waals surface area contributed by atoms with Crippen LogP contribution < -0.4 is 0 Å². The maximum absolute atomic E-state index is 12.9. The van der Waals surface area contributed by atoms with Gasteiger partial charge < -0.3 is 18.5 Å². The number of ether oxygens (including phenoxy) is 2. The number of hydrogen-bond donors (Lipinski definition) is 0. The van der Waals surface area contributed by atoms with Gasteiger partial charge in [0, 0.05) is 30.1 Å². The zero-order valence-electron chi connectivity index (χ0n) is 19.2. The number of carbonyl (C=O) groups excluding carboxylic acids is 2. The lowest BCUT2D eigenvalue weighted by molar-refractivity contribution is 0.0468. The van der Waals surface area contributed by atoms with E-state index in [9.17, 15) is 9.59 Å². The molecule has 1 unspecified atom stereocenters. The summed E-state index contributed by atoms with van der Waals surface area (Å²) < 4.78 is 18.6. The smallest absolute Gasteiger partial charge is 0.343 e. The van der Waals surface area contributed by atoms with Gasteiger partial charge in [0.05, 0.1) is 18.1 Å². The molecule has 1 atom stereocenters. The second kappa shape index (κ2) is 9.93. The fourth-order valence-corrected chi connectivity index (χ4v) is 4.70.